The molecule has 2 rings (SSSR count). The lowest BCUT2D eigenvalue weighted by atomic mass is 9.98. The molecule has 1 aliphatic heterocycles. The summed E-state index contributed by atoms with van der Waals surface area (Å²) in [4.78, 5) is 11.2. The first-order valence-electron chi connectivity index (χ1n) is 4.47. The van der Waals surface area contributed by atoms with Crippen molar-refractivity contribution in [3.05, 3.63) is 35.6 Å². The first-order chi connectivity index (χ1) is 6.66. The van der Waals surface area contributed by atoms with E-state index in [0.717, 1.165) is 5.56 Å². The molecule has 1 saturated heterocycles. The van der Waals surface area contributed by atoms with E-state index >= 15 is 0 Å². The lowest BCUT2D eigenvalue weighted by molar-refractivity contribution is -0.127. The zero-order valence-electron chi connectivity index (χ0n) is 7.61. The highest BCUT2D eigenvalue weighted by molar-refractivity contribution is 5.79. The monoisotopic (exact) mass is 194 g/mol. The summed E-state index contributed by atoms with van der Waals surface area (Å²) in [6, 6.07) is 6.21. The quantitative estimate of drug-likeness (QED) is 0.535. The van der Waals surface area contributed by atoms with Crippen LogP contribution in [0.2, 0.25) is 0 Å². The van der Waals surface area contributed by atoms with E-state index in [0.29, 0.717) is 13.0 Å². The van der Waals surface area contributed by atoms with Crippen LogP contribution in [0.1, 0.15) is 17.9 Å². The lowest BCUT2D eigenvalue weighted by Crippen LogP contribution is -2.31. The Morgan fingerprint density at radius 1 is 1.36 bits per heavy atom. The maximum atomic E-state index is 12.6. The molecule has 1 atom stereocenters. The van der Waals surface area contributed by atoms with E-state index in [-0.39, 0.29) is 17.6 Å². The van der Waals surface area contributed by atoms with Gasteiger partial charge in [0.15, 0.2) is 0 Å². The van der Waals surface area contributed by atoms with Gasteiger partial charge >= 0.3 is 0 Å². The fourth-order valence-corrected chi connectivity index (χ4v) is 1.69. The van der Waals surface area contributed by atoms with Crippen molar-refractivity contribution in [3.8, 4) is 0 Å². The molecule has 0 radical (unpaired) electrons. The molecular formula is C10H11FN2O. The van der Waals surface area contributed by atoms with E-state index in [2.05, 4.69) is 0 Å². The van der Waals surface area contributed by atoms with Gasteiger partial charge in [-0.1, -0.05) is 12.1 Å². The SMILES string of the molecule is NN1CC(c2ccc(F)cc2)CC1=O. The molecule has 4 heteroatoms. The maximum absolute atomic E-state index is 12.6. The molecule has 1 fully saturated rings. The minimum Gasteiger partial charge on any atom is -0.280 e. The van der Waals surface area contributed by atoms with Crippen molar-refractivity contribution in [2.45, 2.75) is 12.3 Å². The van der Waals surface area contributed by atoms with Crippen molar-refractivity contribution < 1.29 is 9.18 Å². The number of carbonyl (C=O) groups is 1. The van der Waals surface area contributed by atoms with Gasteiger partial charge in [-0.3, -0.25) is 9.80 Å². The Kier molecular flexibility index (Phi) is 2.21. The normalized spacial score (nSPS) is 21.7. The Morgan fingerprint density at radius 2 is 2.00 bits per heavy atom. The highest BCUT2D eigenvalue weighted by Crippen LogP contribution is 2.26. The molecular weight excluding hydrogens is 183 g/mol. The van der Waals surface area contributed by atoms with Gasteiger partial charge < -0.3 is 0 Å². The molecule has 0 bridgehead atoms. The van der Waals surface area contributed by atoms with E-state index < -0.39 is 0 Å². The summed E-state index contributed by atoms with van der Waals surface area (Å²) in [5, 5.41) is 1.22. The van der Waals surface area contributed by atoms with Crippen molar-refractivity contribution in [2.24, 2.45) is 5.84 Å². The number of hydrazine groups is 1. The molecule has 1 heterocycles. The van der Waals surface area contributed by atoms with Crippen LogP contribution < -0.4 is 5.84 Å². The molecule has 2 N–H and O–H groups in total. The number of benzene rings is 1. The number of carbonyl (C=O) groups excluding carboxylic acids is 1. The number of nitrogens with two attached hydrogens (primary N) is 1. The molecule has 0 aliphatic carbocycles. The van der Waals surface area contributed by atoms with E-state index in [1.54, 1.807) is 12.1 Å². The third kappa shape index (κ3) is 1.61. The summed E-state index contributed by atoms with van der Waals surface area (Å²) < 4.78 is 12.6. The highest BCUT2D eigenvalue weighted by atomic mass is 19.1. The molecule has 3 nitrogen and oxygen atoms in total. The predicted molar refractivity (Wildman–Crippen MR) is 49.7 cm³/mol. The summed E-state index contributed by atoms with van der Waals surface area (Å²) in [5.41, 5.74) is 0.965. The van der Waals surface area contributed by atoms with Gasteiger partial charge in [0.1, 0.15) is 5.82 Å². The van der Waals surface area contributed by atoms with Crippen molar-refractivity contribution in [3.63, 3.8) is 0 Å². The van der Waals surface area contributed by atoms with Crippen LogP contribution in [0, 0.1) is 5.82 Å². The summed E-state index contributed by atoms with van der Waals surface area (Å²) in [6.07, 6.45) is 0.419. The standard InChI is InChI=1S/C10H11FN2O/c11-9-3-1-7(2-4-9)8-5-10(14)13(12)6-8/h1-4,8H,5-6,12H2. The number of nitrogens with zero attached hydrogens (tertiary/aromatic N) is 1. The fourth-order valence-electron chi connectivity index (χ4n) is 1.69. The second kappa shape index (κ2) is 3.38. The predicted octanol–water partition coefficient (Wildman–Crippen LogP) is 1.02. The highest BCUT2D eigenvalue weighted by Gasteiger charge is 2.28. The summed E-state index contributed by atoms with van der Waals surface area (Å²) >= 11 is 0. The van der Waals surface area contributed by atoms with Crippen molar-refractivity contribution in [1.82, 2.24) is 5.01 Å². The van der Waals surface area contributed by atoms with Gasteiger partial charge in [-0.05, 0) is 17.7 Å². The van der Waals surface area contributed by atoms with Crippen LogP contribution >= 0.6 is 0 Å². The summed E-state index contributed by atoms with van der Waals surface area (Å²) in [6.45, 7) is 0.518. The number of amides is 1. The Morgan fingerprint density at radius 3 is 2.50 bits per heavy atom. The molecule has 1 aliphatic rings. The zero-order valence-corrected chi connectivity index (χ0v) is 7.61. The Bertz CT molecular complexity index is 350. The van der Waals surface area contributed by atoms with Crippen LogP contribution in [0.25, 0.3) is 0 Å². The van der Waals surface area contributed by atoms with Gasteiger partial charge in [0.25, 0.3) is 0 Å². The fraction of sp³-hybridized carbons (Fsp3) is 0.300. The van der Waals surface area contributed by atoms with E-state index in [1.165, 1.54) is 17.1 Å². The van der Waals surface area contributed by atoms with Crippen LogP contribution in [0.4, 0.5) is 4.39 Å². The first kappa shape index (κ1) is 9.15. The van der Waals surface area contributed by atoms with E-state index in [4.69, 9.17) is 5.84 Å². The van der Waals surface area contributed by atoms with Gasteiger partial charge in [0.05, 0.1) is 0 Å². The Balaban J connectivity index is 2.17. The second-order valence-corrected chi connectivity index (χ2v) is 3.50. The largest absolute Gasteiger partial charge is 0.280 e. The second-order valence-electron chi connectivity index (χ2n) is 3.50. The van der Waals surface area contributed by atoms with Crippen LogP contribution in [-0.2, 0) is 4.79 Å². The molecule has 0 saturated carbocycles. The smallest absolute Gasteiger partial charge is 0.237 e. The van der Waals surface area contributed by atoms with Gasteiger partial charge in [0.2, 0.25) is 5.91 Å². The van der Waals surface area contributed by atoms with Crippen molar-refractivity contribution in [2.75, 3.05) is 6.54 Å². The zero-order chi connectivity index (χ0) is 10.1. The molecule has 74 valence electrons. The summed E-state index contributed by atoms with van der Waals surface area (Å²) in [7, 11) is 0. The average molecular weight is 194 g/mol. The van der Waals surface area contributed by atoms with Crippen molar-refractivity contribution in [1.29, 1.82) is 0 Å². The van der Waals surface area contributed by atoms with Crippen LogP contribution in [-0.4, -0.2) is 17.5 Å². The lowest BCUT2D eigenvalue weighted by Gasteiger charge is -2.09. The number of rotatable bonds is 1. The van der Waals surface area contributed by atoms with Gasteiger partial charge in [-0.2, -0.15) is 0 Å². The minimum atomic E-state index is -0.261. The number of hydrogen-bond donors (Lipinski definition) is 1. The molecule has 1 aromatic rings. The van der Waals surface area contributed by atoms with Crippen LogP contribution in [0.5, 0.6) is 0 Å². The van der Waals surface area contributed by atoms with Gasteiger partial charge in [-0.15, -0.1) is 0 Å². The molecule has 1 aromatic carbocycles. The molecule has 0 spiro atoms. The molecule has 0 aromatic heterocycles. The van der Waals surface area contributed by atoms with E-state index in [1.807, 2.05) is 0 Å². The molecule has 1 unspecified atom stereocenters. The molecule has 14 heavy (non-hydrogen) atoms. The summed E-state index contributed by atoms with van der Waals surface area (Å²) in [5.74, 6) is 5.23. The Hall–Kier alpha value is -1.42. The van der Waals surface area contributed by atoms with Gasteiger partial charge in [0, 0.05) is 18.9 Å². The Labute approximate surface area is 81.3 Å². The third-order valence-corrected chi connectivity index (χ3v) is 2.50. The van der Waals surface area contributed by atoms with Crippen molar-refractivity contribution >= 4 is 5.91 Å². The third-order valence-electron chi connectivity index (χ3n) is 2.50. The van der Waals surface area contributed by atoms with E-state index in [9.17, 15) is 9.18 Å². The van der Waals surface area contributed by atoms with Crippen LogP contribution in [0.15, 0.2) is 24.3 Å². The number of halogens is 1. The minimum absolute atomic E-state index is 0.0562. The maximum Gasteiger partial charge on any atom is 0.237 e. The van der Waals surface area contributed by atoms with Crippen LogP contribution in [0.3, 0.4) is 0 Å². The number of hydrogen-bond acceptors (Lipinski definition) is 2. The average Bonchev–Trinajstić information content (AvgIpc) is 2.48. The first-order valence-corrected chi connectivity index (χ1v) is 4.47. The molecule has 1 amide bonds. The van der Waals surface area contributed by atoms with Gasteiger partial charge in [-0.25, -0.2) is 10.2 Å². The topological polar surface area (TPSA) is 46.3 Å².